The number of hydrogen-bond acceptors (Lipinski definition) is 7. The summed E-state index contributed by atoms with van der Waals surface area (Å²) in [7, 11) is 0. The molecular weight excluding hydrogens is 354 g/mol. The van der Waals surface area contributed by atoms with Crippen LogP contribution < -0.4 is 10.7 Å². The molecule has 9 heteroatoms. The number of rotatable bonds is 6. The molecule has 0 spiro atoms. The second-order valence-electron chi connectivity index (χ2n) is 5.26. The first-order chi connectivity index (χ1) is 12.6. The van der Waals surface area contributed by atoms with Crippen LogP contribution in [0.4, 0.5) is 5.13 Å². The van der Waals surface area contributed by atoms with E-state index in [4.69, 9.17) is 4.42 Å². The third-order valence-corrected chi connectivity index (χ3v) is 4.15. The van der Waals surface area contributed by atoms with Gasteiger partial charge in [0.25, 0.3) is 5.91 Å². The molecule has 0 aliphatic carbocycles. The molecule has 132 valence electrons. The fourth-order valence-corrected chi connectivity index (χ4v) is 2.81. The first-order valence-electron chi connectivity index (χ1n) is 7.66. The van der Waals surface area contributed by atoms with Gasteiger partial charge in [-0.2, -0.15) is 5.10 Å². The summed E-state index contributed by atoms with van der Waals surface area (Å²) in [5, 5.41) is 15.1. The van der Waals surface area contributed by atoms with Crippen LogP contribution in [0.2, 0.25) is 0 Å². The Morgan fingerprint density at radius 1 is 1.23 bits per heavy atom. The second-order valence-corrected chi connectivity index (χ2v) is 6.32. The molecule has 0 atom stereocenters. The molecule has 1 aromatic carbocycles. The number of carbonyl (C=O) groups is 2. The summed E-state index contributed by atoms with van der Waals surface area (Å²) in [4.78, 5) is 24.1. The average molecular weight is 369 g/mol. The molecule has 0 radical (unpaired) electrons. The molecule has 2 aromatic heterocycles. The minimum Gasteiger partial charge on any atom is -0.463 e. The molecule has 0 aliphatic rings. The molecule has 0 aliphatic heterocycles. The van der Waals surface area contributed by atoms with E-state index in [0.29, 0.717) is 21.5 Å². The largest absolute Gasteiger partial charge is 0.463 e. The Morgan fingerprint density at radius 2 is 2.08 bits per heavy atom. The molecule has 3 aromatic rings. The molecule has 0 fully saturated rings. The van der Waals surface area contributed by atoms with Crippen molar-refractivity contribution in [1.29, 1.82) is 0 Å². The Bertz CT molecular complexity index is 934. The Kier molecular flexibility index (Phi) is 5.49. The van der Waals surface area contributed by atoms with Crippen LogP contribution in [0.3, 0.4) is 0 Å². The normalized spacial score (nSPS) is 10.8. The van der Waals surface area contributed by atoms with Gasteiger partial charge in [0, 0.05) is 5.56 Å². The zero-order valence-corrected chi connectivity index (χ0v) is 14.6. The minimum absolute atomic E-state index is 0.00734. The van der Waals surface area contributed by atoms with Gasteiger partial charge in [-0.15, -0.1) is 10.2 Å². The SMILES string of the molecule is Cc1ccccc1C(=O)Nc1nnc(CC(=O)N/N=C\c2ccco2)s1. The summed E-state index contributed by atoms with van der Waals surface area (Å²) >= 11 is 1.14. The van der Waals surface area contributed by atoms with E-state index in [-0.39, 0.29) is 18.2 Å². The Balaban J connectivity index is 1.53. The highest BCUT2D eigenvalue weighted by Gasteiger charge is 2.13. The standard InChI is InChI=1S/C17H15N5O3S/c1-11-5-2-3-7-13(11)16(24)19-17-22-21-15(26-17)9-14(23)20-18-10-12-6-4-8-25-12/h2-8,10H,9H2,1H3,(H,20,23)(H,19,22,24)/b18-10-. The third-order valence-electron chi connectivity index (χ3n) is 3.31. The van der Waals surface area contributed by atoms with E-state index >= 15 is 0 Å². The van der Waals surface area contributed by atoms with Crippen LogP contribution in [0, 0.1) is 6.92 Å². The van der Waals surface area contributed by atoms with Crippen LogP contribution in [-0.2, 0) is 11.2 Å². The van der Waals surface area contributed by atoms with Crippen molar-refractivity contribution in [1.82, 2.24) is 15.6 Å². The molecule has 0 bridgehead atoms. The number of amides is 2. The van der Waals surface area contributed by atoms with E-state index in [0.717, 1.165) is 16.9 Å². The summed E-state index contributed by atoms with van der Waals surface area (Å²) in [6.07, 6.45) is 2.91. The summed E-state index contributed by atoms with van der Waals surface area (Å²) in [5.74, 6) is -0.0820. The number of hydrogen-bond donors (Lipinski definition) is 2. The fraction of sp³-hybridized carbons (Fsp3) is 0.118. The molecule has 0 saturated heterocycles. The number of carbonyl (C=O) groups excluding carboxylic acids is 2. The molecule has 2 amide bonds. The number of nitrogens with one attached hydrogen (secondary N) is 2. The van der Waals surface area contributed by atoms with Crippen molar-refractivity contribution in [2.24, 2.45) is 5.10 Å². The maximum Gasteiger partial charge on any atom is 0.257 e. The molecule has 3 rings (SSSR count). The highest BCUT2D eigenvalue weighted by atomic mass is 32.1. The molecule has 26 heavy (non-hydrogen) atoms. The van der Waals surface area contributed by atoms with Gasteiger partial charge in [0.15, 0.2) is 0 Å². The van der Waals surface area contributed by atoms with Crippen molar-refractivity contribution in [3.63, 3.8) is 0 Å². The lowest BCUT2D eigenvalue weighted by Gasteiger charge is -2.03. The number of furan rings is 1. The van der Waals surface area contributed by atoms with Gasteiger partial charge in [-0.05, 0) is 30.7 Å². The number of benzene rings is 1. The fourth-order valence-electron chi connectivity index (χ4n) is 2.08. The molecule has 0 unspecified atom stereocenters. The Labute approximate surface area is 153 Å². The van der Waals surface area contributed by atoms with Gasteiger partial charge >= 0.3 is 0 Å². The van der Waals surface area contributed by atoms with Crippen LogP contribution in [-0.4, -0.2) is 28.2 Å². The molecule has 2 N–H and O–H groups in total. The monoisotopic (exact) mass is 369 g/mol. The van der Waals surface area contributed by atoms with E-state index < -0.39 is 0 Å². The van der Waals surface area contributed by atoms with Gasteiger partial charge in [0.2, 0.25) is 11.0 Å². The maximum atomic E-state index is 12.2. The van der Waals surface area contributed by atoms with E-state index in [9.17, 15) is 9.59 Å². The van der Waals surface area contributed by atoms with Crippen LogP contribution in [0.5, 0.6) is 0 Å². The van der Waals surface area contributed by atoms with Crippen molar-refractivity contribution in [3.8, 4) is 0 Å². The van der Waals surface area contributed by atoms with Gasteiger partial charge < -0.3 is 4.42 Å². The molecular formula is C17H15N5O3S. The topological polar surface area (TPSA) is 109 Å². The summed E-state index contributed by atoms with van der Waals surface area (Å²) in [6, 6.07) is 10.7. The average Bonchev–Trinajstić information content (AvgIpc) is 3.27. The van der Waals surface area contributed by atoms with Crippen molar-refractivity contribution in [3.05, 3.63) is 64.6 Å². The van der Waals surface area contributed by atoms with Crippen LogP contribution in [0.1, 0.15) is 26.7 Å². The number of anilines is 1. The molecule has 2 heterocycles. The number of nitrogens with zero attached hydrogens (tertiary/aromatic N) is 3. The molecule has 0 saturated carbocycles. The lowest BCUT2D eigenvalue weighted by Crippen LogP contribution is -2.19. The first kappa shape index (κ1) is 17.5. The van der Waals surface area contributed by atoms with E-state index in [1.54, 1.807) is 24.3 Å². The Morgan fingerprint density at radius 3 is 2.85 bits per heavy atom. The van der Waals surface area contributed by atoms with Crippen LogP contribution >= 0.6 is 11.3 Å². The predicted octanol–water partition coefficient (Wildman–Crippen LogP) is 2.38. The summed E-state index contributed by atoms with van der Waals surface area (Å²) < 4.78 is 5.06. The van der Waals surface area contributed by atoms with Crippen LogP contribution in [0.25, 0.3) is 0 Å². The van der Waals surface area contributed by atoms with E-state index in [2.05, 4.69) is 26.0 Å². The van der Waals surface area contributed by atoms with Crippen LogP contribution in [0.15, 0.2) is 52.2 Å². The minimum atomic E-state index is -0.347. The first-order valence-corrected chi connectivity index (χ1v) is 8.48. The highest BCUT2D eigenvalue weighted by Crippen LogP contribution is 2.17. The van der Waals surface area contributed by atoms with Gasteiger partial charge in [0.05, 0.1) is 18.9 Å². The number of aryl methyl sites for hydroxylation is 1. The number of hydrazone groups is 1. The van der Waals surface area contributed by atoms with Gasteiger partial charge in [-0.1, -0.05) is 29.5 Å². The van der Waals surface area contributed by atoms with E-state index in [1.165, 1.54) is 12.5 Å². The zero-order chi connectivity index (χ0) is 18.4. The second kappa shape index (κ2) is 8.17. The van der Waals surface area contributed by atoms with Gasteiger partial charge in [-0.3, -0.25) is 14.9 Å². The molecule has 8 nitrogen and oxygen atoms in total. The Hall–Kier alpha value is -3.33. The smallest absolute Gasteiger partial charge is 0.257 e. The van der Waals surface area contributed by atoms with Gasteiger partial charge in [-0.25, -0.2) is 5.43 Å². The maximum absolute atomic E-state index is 12.2. The van der Waals surface area contributed by atoms with Crippen molar-refractivity contribution in [2.45, 2.75) is 13.3 Å². The van der Waals surface area contributed by atoms with Gasteiger partial charge in [0.1, 0.15) is 10.8 Å². The van der Waals surface area contributed by atoms with Crippen molar-refractivity contribution in [2.75, 3.05) is 5.32 Å². The summed E-state index contributed by atoms with van der Waals surface area (Å²) in [6.45, 7) is 1.86. The van der Waals surface area contributed by atoms with Crippen molar-refractivity contribution < 1.29 is 14.0 Å². The quantitative estimate of drug-likeness (QED) is 0.512. The van der Waals surface area contributed by atoms with E-state index in [1.807, 2.05) is 19.1 Å². The highest BCUT2D eigenvalue weighted by molar-refractivity contribution is 7.15. The van der Waals surface area contributed by atoms with Crippen molar-refractivity contribution >= 4 is 34.5 Å². The number of aromatic nitrogens is 2. The predicted molar refractivity (Wildman–Crippen MR) is 97.2 cm³/mol. The summed E-state index contributed by atoms with van der Waals surface area (Å²) in [5.41, 5.74) is 3.80. The zero-order valence-electron chi connectivity index (χ0n) is 13.8. The third kappa shape index (κ3) is 4.61. The lowest BCUT2D eigenvalue weighted by atomic mass is 10.1. The lowest BCUT2D eigenvalue weighted by molar-refractivity contribution is -0.120.